The van der Waals surface area contributed by atoms with Crippen molar-refractivity contribution in [1.29, 1.82) is 5.26 Å². The fourth-order valence-corrected chi connectivity index (χ4v) is 2.86. The molecule has 1 N–H and O–H groups in total. The van der Waals surface area contributed by atoms with Crippen molar-refractivity contribution in [3.8, 4) is 6.07 Å². The van der Waals surface area contributed by atoms with E-state index in [9.17, 15) is 9.32 Å². The van der Waals surface area contributed by atoms with E-state index in [2.05, 4.69) is 0 Å². The average molecular weight is 265 g/mol. The normalized spacial score (nSPS) is 16.7. The quantitative estimate of drug-likeness (QED) is 0.854. The van der Waals surface area contributed by atoms with Crippen molar-refractivity contribution in [3.05, 3.63) is 29.8 Å². The molecule has 0 bridgehead atoms. The van der Waals surface area contributed by atoms with Crippen molar-refractivity contribution in [2.24, 2.45) is 5.41 Å². The molecule has 4 heteroatoms. The predicted octanol–water partition coefficient (Wildman–Crippen LogP) is 2.40. The Labute approximate surface area is 111 Å². The van der Waals surface area contributed by atoms with Gasteiger partial charge in [0.2, 0.25) is 0 Å². The van der Waals surface area contributed by atoms with Gasteiger partial charge in [0.05, 0.1) is 22.6 Å². The Kier molecular flexibility index (Phi) is 4.31. The van der Waals surface area contributed by atoms with E-state index in [1.54, 1.807) is 32.9 Å². The van der Waals surface area contributed by atoms with Crippen LogP contribution in [0.5, 0.6) is 0 Å². The van der Waals surface area contributed by atoms with Gasteiger partial charge in [-0.2, -0.15) is 5.26 Å². The van der Waals surface area contributed by atoms with Gasteiger partial charge >= 0.3 is 0 Å². The lowest BCUT2D eigenvalue weighted by atomic mass is 9.79. The number of benzene rings is 1. The van der Waals surface area contributed by atoms with Gasteiger partial charge in [-0.05, 0) is 19.1 Å². The van der Waals surface area contributed by atoms with E-state index in [1.807, 2.05) is 25.1 Å². The Morgan fingerprint density at radius 2 is 1.78 bits per heavy atom. The first-order valence-electron chi connectivity index (χ1n) is 5.78. The molecule has 1 rings (SSSR count). The standard InChI is InChI=1S/C14H19NO2S/c1-11-5-7-12(8-6-11)18(17)10-14(16,9-15)13(2,3)4/h5-8,16H,10H2,1-4H3/t14-,18?/m0/s1. The van der Waals surface area contributed by atoms with Crippen molar-refractivity contribution in [2.75, 3.05) is 5.75 Å². The molecule has 2 atom stereocenters. The first kappa shape index (κ1) is 14.9. The van der Waals surface area contributed by atoms with Crippen LogP contribution >= 0.6 is 0 Å². The topological polar surface area (TPSA) is 61.1 Å². The average Bonchev–Trinajstić information content (AvgIpc) is 2.28. The molecule has 0 aliphatic rings. The summed E-state index contributed by atoms with van der Waals surface area (Å²) >= 11 is 0. The zero-order valence-electron chi connectivity index (χ0n) is 11.2. The van der Waals surface area contributed by atoms with Gasteiger partial charge in [0, 0.05) is 10.3 Å². The van der Waals surface area contributed by atoms with Crippen LogP contribution in [0.3, 0.4) is 0 Å². The Bertz CT molecular complexity index is 482. The van der Waals surface area contributed by atoms with E-state index in [4.69, 9.17) is 5.26 Å². The Hall–Kier alpha value is -1.18. The number of hydrogen-bond acceptors (Lipinski definition) is 3. The largest absolute Gasteiger partial charge is 0.374 e. The highest BCUT2D eigenvalue weighted by atomic mass is 32.2. The van der Waals surface area contributed by atoms with Crippen LogP contribution in [-0.2, 0) is 10.8 Å². The summed E-state index contributed by atoms with van der Waals surface area (Å²) in [6.45, 7) is 7.25. The van der Waals surface area contributed by atoms with E-state index in [0.717, 1.165) is 5.56 Å². The summed E-state index contributed by atoms with van der Waals surface area (Å²) in [5.41, 5.74) is -1.15. The van der Waals surface area contributed by atoms with Gasteiger partial charge in [0.1, 0.15) is 0 Å². The number of rotatable bonds is 3. The minimum Gasteiger partial charge on any atom is -0.374 e. The molecule has 98 valence electrons. The van der Waals surface area contributed by atoms with Crippen molar-refractivity contribution < 1.29 is 9.32 Å². The van der Waals surface area contributed by atoms with E-state index in [1.165, 1.54) is 0 Å². The minimum absolute atomic E-state index is 0.0734. The van der Waals surface area contributed by atoms with Crippen LogP contribution in [0.4, 0.5) is 0 Å². The maximum Gasteiger partial charge on any atom is 0.167 e. The molecule has 18 heavy (non-hydrogen) atoms. The third-order valence-electron chi connectivity index (χ3n) is 3.05. The molecule has 1 unspecified atom stereocenters. The Morgan fingerprint density at radius 1 is 1.28 bits per heavy atom. The Balaban J connectivity index is 2.94. The number of nitrogens with zero attached hydrogens (tertiary/aromatic N) is 1. The molecule has 0 radical (unpaired) electrons. The van der Waals surface area contributed by atoms with Crippen LogP contribution in [-0.4, -0.2) is 20.7 Å². The molecule has 0 saturated carbocycles. The van der Waals surface area contributed by atoms with Gasteiger partial charge < -0.3 is 5.11 Å². The number of aryl methyl sites for hydroxylation is 1. The fourth-order valence-electron chi connectivity index (χ4n) is 1.38. The lowest BCUT2D eigenvalue weighted by Crippen LogP contribution is -2.46. The van der Waals surface area contributed by atoms with Gasteiger partial charge in [-0.15, -0.1) is 0 Å². The lowest BCUT2D eigenvalue weighted by molar-refractivity contribution is 0.0147. The molecule has 0 fully saturated rings. The second-order valence-electron chi connectivity index (χ2n) is 5.52. The summed E-state index contributed by atoms with van der Waals surface area (Å²) in [6.07, 6.45) is 0. The molecule has 3 nitrogen and oxygen atoms in total. The summed E-state index contributed by atoms with van der Waals surface area (Å²) in [6, 6.07) is 9.17. The highest BCUT2D eigenvalue weighted by Gasteiger charge is 2.42. The molecule has 0 aliphatic carbocycles. The molecule has 0 amide bonds. The maximum atomic E-state index is 12.2. The van der Waals surface area contributed by atoms with Gasteiger partial charge in [0.15, 0.2) is 5.60 Å². The number of aliphatic hydroxyl groups is 1. The summed E-state index contributed by atoms with van der Waals surface area (Å²) in [7, 11) is -1.38. The minimum atomic E-state index is -1.59. The number of nitriles is 1. The molecule has 0 heterocycles. The molecule has 1 aromatic carbocycles. The second kappa shape index (κ2) is 5.21. The van der Waals surface area contributed by atoms with Gasteiger partial charge in [-0.25, -0.2) is 0 Å². The SMILES string of the molecule is Cc1ccc(S(=O)C[C@@](O)(C#N)C(C)(C)C)cc1. The van der Waals surface area contributed by atoms with E-state index >= 15 is 0 Å². The molecule has 0 spiro atoms. The van der Waals surface area contributed by atoms with Crippen molar-refractivity contribution in [3.63, 3.8) is 0 Å². The lowest BCUT2D eigenvalue weighted by Gasteiger charge is -2.33. The van der Waals surface area contributed by atoms with Crippen LogP contribution in [0.25, 0.3) is 0 Å². The molecule has 0 aliphatic heterocycles. The first-order chi connectivity index (χ1) is 8.19. The van der Waals surface area contributed by atoms with Crippen LogP contribution in [0.15, 0.2) is 29.2 Å². The highest BCUT2D eigenvalue weighted by Crippen LogP contribution is 2.31. The van der Waals surface area contributed by atoms with E-state index in [0.29, 0.717) is 4.90 Å². The van der Waals surface area contributed by atoms with E-state index < -0.39 is 21.8 Å². The van der Waals surface area contributed by atoms with Crippen LogP contribution in [0.1, 0.15) is 26.3 Å². The molecule has 0 saturated heterocycles. The van der Waals surface area contributed by atoms with E-state index in [-0.39, 0.29) is 5.75 Å². The van der Waals surface area contributed by atoms with Crippen LogP contribution < -0.4 is 0 Å². The first-order valence-corrected chi connectivity index (χ1v) is 7.10. The Morgan fingerprint density at radius 3 is 2.17 bits per heavy atom. The second-order valence-corrected chi connectivity index (χ2v) is 6.98. The summed E-state index contributed by atoms with van der Waals surface area (Å²) in [4.78, 5) is 0.638. The summed E-state index contributed by atoms with van der Waals surface area (Å²) < 4.78 is 12.2. The monoisotopic (exact) mass is 265 g/mol. The van der Waals surface area contributed by atoms with Crippen LogP contribution in [0, 0.1) is 23.7 Å². The van der Waals surface area contributed by atoms with Crippen molar-refractivity contribution in [2.45, 2.75) is 38.2 Å². The maximum absolute atomic E-state index is 12.2. The summed E-state index contributed by atoms with van der Waals surface area (Å²) in [5.74, 6) is -0.0734. The zero-order valence-corrected chi connectivity index (χ0v) is 12.0. The molecular weight excluding hydrogens is 246 g/mol. The molecular formula is C14H19NO2S. The molecule has 1 aromatic rings. The predicted molar refractivity (Wildman–Crippen MR) is 72.5 cm³/mol. The third kappa shape index (κ3) is 3.18. The van der Waals surface area contributed by atoms with Gasteiger partial charge in [-0.1, -0.05) is 38.5 Å². The highest BCUT2D eigenvalue weighted by molar-refractivity contribution is 7.85. The fraction of sp³-hybridized carbons (Fsp3) is 0.500. The van der Waals surface area contributed by atoms with Crippen molar-refractivity contribution >= 4 is 10.8 Å². The van der Waals surface area contributed by atoms with Crippen molar-refractivity contribution in [1.82, 2.24) is 0 Å². The number of hydrogen-bond donors (Lipinski definition) is 1. The smallest absolute Gasteiger partial charge is 0.167 e. The van der Waals surface area contributed by atoms with Gasteiger partial charge in [-0.3, -0.25) is 4.21 Å². The summed E-state index contributed by atoms with van der Waals surface area (Å²) in [5, 5.41) is 19.4. The van der Waals surface area contributed by atoms with Gasteiger partial charge in [0.25, 0.3) is 0 Å². The van der Waals surface area contributed by atoms with Crippen LogP contribution in [0.2, 0.25) is 0 Å². The third-order valence-corrected chi connectivity index (χ3v) is 4.53. The zero-order chi connectivity index (χ0) is 14.0. The molecule has 0 aromatic heterocycles.